The van der Waals surface area contributed by atoms with Crippen molar-refractivity contribution in [3.8, 4) is 0 Å². The van der Waals surface area contributed by atoms with Gasteiger partial charge in [0.1, 0.15) is 6.10 Å². The molecule has 1 amide bonds. The second-order valence-electron chi connectivity index (χ2n) is 4.90. The molecule has 0 spiro atoms. The Bertz CT molecular complexity index is 535. The molecule has 2 heterocycles. The number of amides is 1. The summed E-state index contributed by atoms with van der Waals surface area (Å²) in [6.45, 7) is 1.89. The molecule has 0 saturated carbocycles. The lowest BCUT2D eigenvalue weighted by molar-refractivity contribution is -0.117. The van der Waals surface area contributed by atoms with Gasteiger partial charge in [-0.15, -0.1) is 0 Å². The monoisotopic (exact) mass is 260 g/mol. The van der Waals surface area contributed by atoms with Crippen LogP contribution in [0.3, 0.4) is 0 Å². The molecular weight excluding hydrogens is 244 g/mol. The Hall–Kier alpha value is -1.72. The van der Waals surface area contributed by atoms with Crippen molar-refractivity contribution in [2.24, 2.45) is 0 Å². The third-order valence-corrected chi connectivity index (χ3v) is 3.66. The van der Waals surface area contributed by atoms with Gasteiger partial charge in [-0.25, -0.2) is 0 Å². The smallest absolute Gasteiger partial charge is 0.231 e. The van der Waals surface area contributed by atoms with Gasteiger partial charge in [-0.3, -0.25) is 9.59 Å². The van der Waals surface area contributed by atoms with Gasteiger partial charge in [0.15, 0.2) is 5.78 Å². The lowest BCUT2D eigenvalue weighted by atomic mass is 10.0. The number of fused-ring (bicyclic) bond motifs is 1. The Morgan fingerprint density at radius 1 is 1.47 bits per heavy atom. The number of anilines is 1. The van der Waals surface area contributed by atoms with Crippen molar-refractivity contribution in [2.75, 3.05) is 31.6 Å². The van der Waals surface area contributed by atoms with E-state index in [0.717, 1.165) is 17.8 Å². The summed E-state index contributed by atoms with van der Waals surface area (Å²) in [7, 11) is 1.75. The minimum absolute atomic E-state index is 0.0167. The van der Waals surface area contributed by atoms with Gasteiger partial charge in [-0.2, -0.15) is 0 Å². The van der Waals surface area contributed by atoms with Crippen molar-refractivity contribution in [2.45, 2.75) is 12.5 Å². The topological polar surface area (TPSA) is 58.6 Å². The zero-order valence-electron chi connectivity index (χ0n) is 10.8. The molecule has 0 radical (unpaired) electrons. The standard InChI is InChI=1S/C14H16N2O3/c1-16-11-3-2-9(6-10(11)7-13(16)17)14(18)12-8-15-4-5-19-12/h2-3,6,12,15H,4-5,7-8H2,1H3. The van der Waals surface area contributed by atoms with E-state index in [0.29, 0.717) is 25.1 Å². The van der Waals surface area contributed by atoms with Gasteiger partial charge in [0.25, 0.3) is 0 Å². The summed E-state index contributed by atoms with van der Waals surface area (Å²) in [5.74, 6) is 0.0483. The molecule has 5 heteroatoms. The number of nitrogens with one attached hydrogen (secondary N) is 1. The highest BCUT2D eigenvalue weighted by Gasteiger charge is 2.27. The molecule has 19 heavy (non-hydrogen) atoms. The molecule has 100 valence electrons. The van der Waals surface area contributed by atoms with Crippen molar-refractivity contribution in [1.29, 1.82) is 0 Å². The molecule has 2 aliphatic heterocycles. The van der Waals surface area contributed by atoms with E-state index in [1.54, 1.807) is 18.0 Å². The zero-order valence-corrected chi connectivity index (χ0v) is 10.8. The van der Waals surface area contributed by atoms with Crippen LogP contribution in [0.25, 0.3) is 0 Å². The third-order valence-electron chi connectivity index (χ3n) is 3.66. The van der Waals surface area contributed by atoms with E-state index in [-0.39, 0.29) is 11.7 Å². The molecule has 1 unspecified atom stereocenters. The first kappa shape index (κ1) is 12.3. The number of ether oxygens (including phenoxy) is 1. The van der Waals surface area contributed by atoms with Crippen LogP contribution in [0.2, 0.25) is 0 Å². The molecule has 1 saturated heterocycles. The van der Waals surface area contributed by atoms with Gasteiger partial charge < -0.3 is 15.0 Å². The van der Waals surface area contributed by atoms with Crippen molar-refractivity contribution in [3.63, 3.8) is 0 Å². The van der Waals surface area contributed by atoms with E-state index in [1.807, 2.05) is 12.1 Å². The second kappa shape index (κ2) is 4.75. The van der Waals surface area contributed by atoms with Gasteiger partial charge in [0.2, 0.25) is 5.91 Å². The molecule has 1 N–H and O–H groups in total. The fourth-order valence-electron chi connectivity index (χ4n) is 2.54. The summed E-state index contributed by atoms with van der Waals surface area (Å²) < 4.78 is 5.47. The van der Waals surface area contributed by atoms with Crippen LogP contribution in [0, 0.1) is 0 Å². The number of likely N-dealkylation sites (N-methyl/N-ethyl adjacent to an activating group) is 1. The van der Waals surface area contributed by atoms with Crippen molar-refractivity contribution >= 4 is 17.4 Å². The Kier molecular flexibility index (Phi) is 3.08. The van der Waals surface area contributed by atoms with Gasteiger partial charge in [0, 0.05) is 31.4 Å². The summed E-state index contributed by atoms with van der Waals surface area (Å²) in [6, 6.07) is 5.43. The van der Waals surface area contributed by atoms with E-state index < -0.39 is 6.10 Å². The van der Waals surface area contributed by atoms with Crippen molar-refractivity contribution in [3.05, 3.63) is 29.3 Å². The van der Waals surface area contributed by atoms with E-state index in [4.69, 9.17) is 4.74 Å². The molecule has 3 rings (SSSR count). The number of hydrogen-bond acceptors (Lipinski definition) is 4. The first-order chi connectivity index (χ1) is 9.16. The third kappa shape index (κ3) is 2.15. The number of nitrogens with zero attached hydrogens (tertiary/aromatic N) is 1. The number of hydrogen-bond donors (Lipinski definition) is 1. The predicted octanol–water partition coefficient (Wildman–Crippen LogP) is 0.377. The Balaban J connectivity index is 1.85. The highest BCUT2D eigenvalue weighted by molar-refractivity contribution is 6.04. The van der Waals surface area contributed by atoms with Crippen LogP contribution >= 0.6 is 0 Å². The highest BCUT2D eigenvalue weighted by Crippen LogP contribution is 2.28. The maximum Gasteiger partial charge on any atom is 0.231 e. The summed E-state index contributed by atoms with van der Waals surface area (Å²) in [5.41, 5.74) is 2.43. The maximum atomic E-state index is 12.3. The SMILES string of the molecule is CN1C(=O)Cc2cc(C(=O)C3CNCCO3)ccc21. The van der Waals surface area contributed by atoms with Crippen LogP contribution in [0.4, 0.5) is 5.69 Å². The highest BCUT2D eigenvalue weighted by atomic mass is 16.5. The molecule has 5 nitrogen and oxygen atoms in total. The number of rotatable bonds is 2. The minimum Gasteiger partial charge on any atom is -0.367 e. The molecule has 0 aromatic heterocycles. The largest absolute Gasteiger partial charge is 0.367 e. The van der Waals surface area contributed by atoms with Crippen molar-refractivity contribution < 1.29 is 14.3 Å². The normalized spacial score (nSPS) is 22.5. The van der Waals surface area contributed by atoms with Gasteiger partial charge >= 0.3 is 0 Å². The number of benzene rings is 1. The molecule has 1 aromatic rings. The van der Waals surface area contributed by atoms with Crippen molar-refractivity contribution in [1.82, 2.24) is 5.32 Å². The Labute approximate surface area is 111 Å². The van der Waals surface area contributed by atoms with Crippen LogP contribution in [0.15, 0.2) is 18.2 Å². The number of carbonyl (C=O) groups is 2. The lowest BCUT2D eigenvalue weighted by Crippen LogP contribution is -2.43. The van der Waals surface area contributed by atoms with E-state index in [2.05, 4.69) is 5.32 Å². The number of ketones is 1. The molecule has 1 atom stereocenters. The molecule has 1 fully saturated rings. The van der Waals surface area contributed by atoms with Gasteiger partial charge in [0.05, 0.1) is 13.0 Å². The average molecular weight is 260 g/mol. The zero-order chi connectivity index (χ0) is 13.4. The number of Topliss-reactive ketones (excluding diaryl/α,β-unsaturated/α-hetero) is 1. The van der Waals surface area contributed by atoms with Crippen LogP contribution in [0.5, 0.6) is 0 Å². The van der Waals surface area contributed by atoms with Crippen LogP contribution in [-0.2, 0) is 16.0 Å². The fraction of sp³-hybridized carbons (Fsp3) is 0.429. The second-order valence-corrected chi connectivity index (χ2v) is 4.90. The number of carbonyl (C=O) groups excluding carboxylic acids is 2. The summed E-state index contributed by atoms with van der Waals surface area (Å²) in [6.07, 6.45) is -0.0434. The van der Waals surface area contributed by atoms with Crippen LogP contribution in [-0.4, -0.2) is 44.5 Å². The first-order valence-corrected chi connectivity index (χ1v) is 6.43. The van der Waals surface area contributed by atoms with E-state index in [1.165, 1.54) is 0 Å². The lowest BCUT2D eigenvalue weighted by Gasteiger charge is -2.22. The first-order valence-electron chi connectivity index (χ1n) is 6.43. The predicted molar refractivity (Wildman–Crippen MR) is 70.5 cm³/mol. The Morgan fingerprint density at radius 2 is 2.32 bits per heavy atom. The summed E-state index contributed by atoms with van der Waals surface area (Å²) in [4.78, 5) is 25.5. The molecule has 0 bridgehead atoms. The fourth-order valence-corrected chi connectivity index (χ4v) is 2.54. The maximum absolute atomic E-state index is 12.3. The Morgan fingerprint density at radius 3 is 3.05 bits per heavy atom. The minimum atomic E-state index is -0.415. The quantitative estimate of drug-likeness (QED) is 0.781. The van der Waals surface area contributed by atoms with E-state index >= 15 is 0 Å². The van der Waals surface area contributed by atoms with E-state index in [9.17, 15) is 9.59 Å². The average Bonchev–Trinajstić information content (AvgIpc) is 2.74. The molecule has 1 aromatic carbocycles. The molecule has 2 aliphatic rings. The van der Waals surface area contributed by atoms with Gasteiger partial charge in [-0.1, -0.05) is 0 Å². The molecular formula is C14H16N2O3. The summed E-state index contributed by atoms with van der Waals surface area (Å²) in [5, 5.41) is 3.14. The van der Waals surface area contributed by atoms with Crippen LogP contribution in [0.1, 0.15) is 15.9 Å². The number of morpholine rings is 1. The van der Waals surface area contributed by atoms with Gasteiger partial charge in [-0.05, 0) is 23.8 Å². The van der Waals surface area contributed by atoms with Crippen LogP contribution < -0.4 is 10.2 Å². The molecule has 0 aliphatic carbocycles. The summed E-state index contributed by atoms with van der Waals surface area (Å²) >= 11 is 0.